The fraction of sp³-hybridized carbons (Fsp3) is 0.176. The first-order chi connectivity index (χ1) is 12.2. The van der Waals surface area contributed by atoms with Crippen LogP contribution in [0.2, 0.25) is 0 Å². The Balaban J connectivity index is 1.96. The van der Waals surface area contributed by atoms with Gasteiger partial charge in [0, 0.05) is 5.56 Å². The number of sulfonamides is 1. The second-order valence-electron chi connectivity index (χ2n) is 5.39. The van der Waals surface area contributed by atoms with E-state index in [2.05, 4.69) is 0 Å². The summed E-state index contributed by atoms with van der Waals surface area (Å²) >= 11 is 0. The first kappa shape index (κ1) is 19.5. The zero-order valence-corrected chi connectivity index (χ0v) is 14.8. The van der Waals surface area contributed by atoms with E-state index in [1.54, 1.807) is 0 Å². The summed E-state index contributed by atoms with van der Waals surface area (Å²) in [5, 5.41) is 0. The van der Waals surface area contributed by atoms with Gasteiger partial charge in [0.15, 0.2) is 11.9 Å². The Morgan fingerprint density at radius 2 is 1.62 bits per heavy atom. The van der Waals surface area contributed by atoms with Crippen molar-refractivity contribution in [2.75, 3.05) is 0 Å². The molecule has 1 atom stereocenters. The van der Waals surface area contributed by atoms with Gasteiger partial charge in [-0.05, 0) is 50.2 Å². The van der Waals surface area contributed by atoms with Crippen LogP contribution < -0.4 is 15.0 Å². The Labute approximate surface area is 150 Å². The summed E-state index contributed by atoms with van der Waals surface area (Å²) in [6.45, 7) is 2.78. The SMILES string of the molecule is CC(=O)c1ccc(S(=O)(=O)NNC(=O)[C@H](C)Oc2ccc(F)cc2)cc1. The predicted molar refractivity (Wildman–Crippen MR) is 91.4 cm³/mol. The molecule has 138 valence electrons. The van der Waals surface area contributed by atoms with Gasteiger partial charge >= 0.3 is 0 Å². The molecule has 2 aromatic rings. The Kier molecular flexibility index (Phi) is 6.06. The van der Waals surface area contributed by atoms with Crippen LogP contribution in [0.25, 0.3) is 0 Å². The van der Waals surface area contributed by atoms with Gasteiger partial charge in [0.1, 0.15) is 11.6 Å². The molecule has 0 aliphatic carbocycles. The number of hydrazine groups is 1. The maximum Gasteiger partial charge on any atom is 0.275 e. The normalized spacial score (nSPS) is 12.3. The van der Waals surface area contributed by atoms with Crippen LogP contribution in [-0.2, 0) is 14.8 Å². The molecule has 2 aromatic carbocycles. The second kappa shape index (κ2) is 8.07. The Morgan fingerprint density at radius 3 is 2.15 bits per heavy atom. The molecule has 0 saturated carbocycles. The summed E-state index contributed by atoms with van der Waals surface area (Å²) < 4.78 is 42.4. The summed E-state index contributed by atoms with van der Waals surface area (Å²) in [5.41, 5.74) is 2.42. The molecule has 2 rings (SSSR count). The quantitative estimate of drug-likeness (QED) is 0.563. The van der Waals surface area contributed by atoms with Gasteiger partial charge in [0.2, 0.25) is 0 Å². The number of hydrogen-bond donors (Lipinski definition) is 2. The average Bonchev–Trinajstić information content (AvgIpc) is 2.61. The van der Waals surface area contributed by atoms with Crippen LogP contribution in [0, 0.1) is 5.82 Å². The van der Waals surface area contributed by atoms with E-state index < -0.39 is 27.9 Å². The zero-order chi connectivity index (χ0) is 19.3. The molecule has 0 fully saturated rings. The first-order valence-corrected chi connectivity index (χ1v) is 9.02. The maximum absolute atomic E-state index is 12.8. The van der Waals surface area contributed by atoms with Crippen molar-refractivity contribution in [3.8, 4) is 5.75 Å². The monoisotopic (exact) mass is 380 g/mol. The number of hydrogen-bond acceptors (Lipinski definition) is 5. The van der Waals surface area contributed by atoms with E-state index in [-0.39, 0.29) is 16.4 Å². The van der Waals surface area contributed by atoms with Gasteiger partial charge in [-0.3, -0.25) is 15.0 Å². The van der Waals surface area contributed by atoms with Crippen LogP contribution in [0.5, 0.6) is 5.75 Å². The van der Waals surface area contributed by atoms with Gasteiger partial charge < -0.3 is 4.74 Å². The minimum absolute atomic E-state index is 0.116. The van der Waals surface area contributed by atoms with Crippen molar-refractivity contribution in [3.05, 3.63) is 59.9 Å². The molecule has 0 saturated heterocycles. The lowest BCUT2D eigenvalue weighted by molar-refractivity contribution is -0.127. The standard InChI is InChI=1S/C17H17FN2O5S/c1-11(21)13-3-9-16(10-4-13)26(23,24)20-19-17(22)12(2)25-15-7-5-14(18)6-8-15/h3-10,12,20H,1-2H3,(H,19,22)/t12-/m0/s1. The molecule has 0 unspecified atom stereocenters. The molecule has 26 heavy (non-hydrogen) atoms. The highest BCUT2D eigenvalue weighted by Gasteiger charge is 2.19. The lowest BCUT2D eigenvalue weighted by atomic mass is 10.2. The highest BCUT2D eigenvalue weighted by Crippen LogP contribution is 2.13. The van der Waals surface area contributed by atoms with Gasteiger partial charge in [0.05, 0.1) is 4.90 Å². The van der Waals surface area contributed by atoms with E-state index in [9.17, 15) is 22.4 Å². The van der Waals surface area contributed by atoms with Crippen LogP contribution in [0.1, 0.15) is 24.2 Å². The van der Waals surface area contributed by atoms with E-state index in [1.165, 1.54) is 62.4 Å². The van der Waals surface area contributed by atoms with Crippen molar-refractivity contribution in [2.45, 2.75) is 24.8 Å². The van der Waals surface area contributed by atoms with Crippen molar-refractivity contribution in [2.24, 2.45) is 0 Å². The van der Waals surface area contributed by atoms with Crippen LogP contribution in [0.4, 0.5) is 4.39 Å². The lowest BCUT2D eigenvalue weighted by Crippen LogP contribution is -2.47. The maximum atomic E-state index is 12.8. The number of nitrogens with one attached hydrogen (secondary N) is 2. The molecule has 1 amide bonds. The van der Waals surface area contributed by atoms with E-state index in [1.807, 2.05) is 10.3 Å². The summed E-state index contributed by atoms with van der Waals surface area (Å²) in [6.07, 6.45) is -1.02. The Bertz CT molecular complexity index is 896. The predicted octanol–water partition coefficient (Wildman–Crippen LogP) is 1.81. The number of ketones is 1. The molecule has 0 heterocycles. The molecule has 0 aliphatic rings. The molecule has 0 aliphatic heterocycles. The van der Waals surface area contributed by atoms with E-state index in [4.69, 9.17) is 4.74 Å². The molecular weight excluding hydrogens is 363 g/mol. The van der Waals surface area contributed by atoms with Crippen molar-refractivity contribution in [1.29, 1.82) is 0 Å². The second-order valence-corrected chi connectivity index (χ2v) is 7.07. The number of amides is 1. The Morgan fingerprint density at radius 1 is 1.04 bits per heavy atom. The molecule has 9 heteroatoms. The smallest absolute Gasteiger partial charge is 0.275 e. The van der Waals surface area contributed by atoms with Gasteiger partial charge in [0.25, 0.3) is 15.9 Å². The molecule has 2 N–H and O–H groups in total. The number of ether oxygens (including phenoxy) is 1. The first-order valence-electron chi connectivity index (χ1n) is 7.54. The van der Waals surface area contributed by atoms with Crippen molar-refractivity contribution < 1.29 is 27.1 Å². The molecular formula is C17H17FN2O5S. The van der Waals surface area contributed by atoms with Crippen LogP contribution in [0.3, 0.4) is 0 Å². The number of rotatable bonds is 7. The average molecular weight is 380 g/mol. The Hall–Kier alpha value is -2.78. The summed E-state index contributed by atoms with van der Waals surface area (Å²) in [7, 11) is -4.01. The van der Waals surface area contributed by atoms with Gasteiger partial charge in [-0.1, -0.05) is 12.1 Å². The number of Topliss-reactive ketones (excluding diaryl/α,β-unsaturated/α-hetero) is 1. The molecule has 0 radical (unpaired) electrons. The summed E-state index contributed by atoms with van der Waals surface area (Å²) in [6, 6.07) is 10.3. The third kappa shape index (κ3) is 5.11. The lowest BCUT2D eigenvalue weighted by Gasteiger charge is -2.15. The van der Waals surface area contributed by atoms with Gasteiger partial charge in [-0.2, -0.15) is 0 Å². The fourth-order valence-corrected chi connectivity index (χ4v) is 2.76. The third-order valence-electron chi connectivity index (χ3n) is 3.38. The van der Waals surface area contributed by atoms with Crippen molar-refractivity contribution in [3.63, 3.8) is 0 Å². The molecule has 0 aromatic heterocycles. The third-order valence-corrected chi connectivity index (χ3v) is 4.64. The van der Waals surface area contributed by atoms with Crippen molar-refractivity contribution in [1.82, 2.24) is 10.3 Å². The minimum Gasteiger partial charge on any atom is -0.481 e. The number of halogens is 1. The number of carbonyl (C=O) groups excluding carboxylic acids is 2. The molecule has 7 nitrogen and oxygen atoms in total. The zero-order valence-electron chi connectivity index (χ0n) is 14.0. The van der Waals surface area contributed by atoms with Crippen LogP contribution in [-0.4, -0.2) is 26.2 Å². The van der Waals surface area contributed by atoms with Crippen molar-refractivity contribution >= 4 is 21.7 Å². The van der Waals surface area contributed by atoms with Crippen LogP contribution >= 0.6 is 0 Å². The van der Waals surface area contributed by atoms with E-state index in [0.29, 0.717) is 5.56 Å². The molecule has 0 spiro atoms. The topological polar surface area (TPSA) is 102 Å². The summed E-state index contributed by atoms with van der Waals surface area (Å²) in [5.74, 6) is -1.12. The van der Waals surface area contributed by atoms with Gasteiger partial charge in [-0.15, -0.1) is 4.83 Å². The fourth-order valence-electron chi connectivity index (χ4n) is 1.92. The molecule has 0 bridgehead atoms. The highest BCUT2D eigenvalue weighted by atomic mass is 32.2. The highest BCUT2D eigenvalue weighted by molar-refractivity contribution is 7.89. The number of benzene rings is 2. The summed E-state index contributed by atoms with van der Waals surface area (Å²) in [4.78, 5) is 25.0. The van der Waals surface area contributed by atoms with Gasteiger partial charge in [-0.25, -0.2) is 12.8 Å². The van der Waals surface area contributed by atoms with E-state index >= 15 is 0 Å². The minimum atomic E-state index is -4.01. The van der Waals surface area contributed by atoms with E-state index in [0.717, 1.165) is 0 Å². The number of carbonyl (C=O) groups is 2. The largest absolute Gasteiger partial charge is 0.481 e. The van der Waals surface area contributed by atoms with Crippen LogP contribution in [0.15, 0.2) is 53.4 Å².